The summed E-state index contributed by atoms with van der Waals surface area (Å²) in [5.74, 6) is 0.221. The summed E-state index contributed by atoms with van der Waals surface area (Å²) >= 11 is 1.49. The number of rotatable bonds is 8. The van der Waals surface area contributed by atoms with Crippen molar-refractivity contribution >= 4 is 29.1 Å². The second-order valence-electron chi connectivity index (χ2n) is 8.24. The fraction of sp³-hybridized carbons (Fsp3) is 0.458. The zero-order valence-electron chi connectivity index (χ0n) is 18.8. The molecule has 3 amide bonds. The van der Waals surface area contributed by atoms with Crippen LogP contribution in [0.3, 0.4) is 0 Å². The molecule has 1 fully saturated rings. The molecular formula is C24H31N3O4S. The molecule has 0 aliphatic carbocycles. The number of piperidine rings is 1. The van der Waals surface area contributed by atoms with Gasteiger partial charge in [0.05, 0.1) is 6.61 Å². The summed E-state index contributed by atoms with van der Waals surface area (Å²) in [6.45, 7) is 7.42. The molecule has 1 aromatic heterocycles. The number of likely N-dealkylation sites (tertiary alicyclic amines) is 1. The van der Waals surface area contributed by atoms with Crippen molar-refractivity contribution in [1.29, 1.82) is 0 Å². The maximum absolute atomic E-state index is 13.2. The van der Waals surface area contributed by atoms with Crippen LogP contribution >= 0.6 is 11.3 Å². The van der Waals surface area contributed by atoms with E-state index in [4.69, 9.17) is 4.74 Å². The zero-order valence-corrected chi connectivity index (χ0v) is 19.6. The van der Waals surface area contributed by atoms with Crippen LogP contribution in [-0.2, 0) is 4.79 Å². The van der Waals surface area contributed by atoms with E-state index in [1.807, 2.05) is 31.5 Å². The van der Waals surface area contributed by atoms with Crippen LogP contribution in [0.1, 0.15) is 54.3 Å². The van der Waals surface area contributed by atoms with Gasteiger partial charge >= 0.3 is 0 Å². The third kappa shape index (κ3) is 6.09. The SMILES string of the molecule is CCOc1ccc(C(=O)NC(C(=O)N2CCC(NC(=O)c3ccsc3)CC2)C(C)C)cc1. The molecule has 0 spiro atoms. The molecule has 0 saturated carbocycles. The number of carbonyl (C=O) groups excluding carboxylic acids is 3. The molecule has 1 aromatic carbocycles. The van der Waals surface area contributed by atoms with Crippen molar-refractivity contribution in [3.63, 3.8) is 0 Å². The Morgan fingerprint density at radius 2 is 1.75 bits per heavy atom. The van der Waals surface area contributed by atoms with Crippen LogP contribution in [-0.4, -0.2) is 54.4 Å². The highest BCUT2D eigenvalue weighted by Gasteiger charge is 2.31. The minimum atomic E-state index is -0.606. The molecule has 1 unspecified atom stereocenters. The minimum absolute atomic E-state index is 0.0439. The van der Waals surface area contributed by atoms with E-state index in [-0.39, 0.29) is 29.7 Å². The third-order valence-electron chi connectivity index (χ3n) is 5.57. The van der Waals surface area contributed by atoms with E-state index in [1.165, 1.54) is 11.3 Å². The van der Waals surface area contributed by atoms with Gasteiger partial charge in [-0.25, -0.2) is 0 Å². The number of amides is 3. The Hall–Kier alpha value is -2.87. The highest BCUT2D eigenvalue weighted by molar-refractivity contribution is 7.08. The number of nitrogens with zero attached hydrogens (tertiary/aromatic N) is 1. The van der Waals surface area contributed by atoms with Crippen LogP contribution in [0.5, 0.6) is 5.75 Å². The van der Waals surface area contributed by atoms with E-state index in [1.54, 1.807) is 35.2 Å². The van der Waals surface area contributed by atoms with Crippen molar-refractivity contribution in [1.82, 2.24) is 15.5 Å². The first-order valence-corrected chi connectivity index (χ1v) is 12.0. The molecule has 1 aliphatic rings. The Balaban J connectivity index is 1.54. The summed E-state index contributed by atoms with van der Waals surface area (Å²) in [4.78, 5) is 39.9. The number of ether oxygens (including phenoxy) is 1. The minimum Gasteiger partial charge on any atom is -0.494 e. The Labute approximate surface area is 193 Å². The lowest BCUT2D eigenvalue weighted by Gasteiger charge is -2.35. The average molecular weight is 458 g/mol. The molecule has 7 nitrogen and oxygen atoms in total. The number of hydrogen-bond donors (Lipinski definition) is 2. The van der Waals surface area contributed by atoms with Crippen molar-refractivity contribution in [2.45, 2.75) is 45.7 Å². The van der Waals surface area contributed by atoms with Gasteiger partial charge < -0.3 is 20.3 Å². The first-order chi connectivity index (χ1) is 15.4. The van der Waals surface area contributed by atoms with Crippen LogP contribution in [0, 0.1) is 5.92 Å². The zero-order chi connectivity index (χ0) is 23.1. The molecular weight excluding hydrogens is 426 g/mol. The van der Waals surface area contributed by atoms with Gasteiger partial charge in [0.2, 0.25) is 5.91 Å². The van der Waals surface area contributed by atoms with Crippen LogP contribution in [0.2, 0.25) is 0 Å². The summed E-state index contributed by atoms with van der Waals surface area (Å²) in [5.41, 5.74) is 1.16. The Morgan fingerprint density at radius 1 is 1.06 bits per heavy atom. The monoisotopic (exact) mass is 457 g/mol. The highest BCUT2D eigenvalue weighted by Crippen LogP contribution is 2.17. The molecule has 2 heterocycles. The predicted molar refractivity (Wildman–Crippen MR) is 125 cm³/mol. The number of thiophene rings is 1. The summed E-state index contributed by atoms with van der Waals surface area (Å²) in [6, 6.07) is 8.14. The maximum atomic E-state index is 13.2. The quantitative estimate of drug-likeness (QED) is 0.637. The smallest absolute Gasteiger partial charge is 0.252 e. The molecule has 1 saturated heterocycles. The average Bonchev–Trinajstić information content (AvgIpc) is 3.33. The van der Waals surface area contributed by atoms with Crippen molar-refractivity contribution in [3.05, 3.63) is 52.2 Å². The van der Waals surface area contributed by atoms with E-state index in [9.17, 15) is 14.4 Å². The van der Waals surface area contributed by atoms with Crippen LogP contribution in [0.15, 0.2) is 41.1 Å². The van der Waals surface area contributed by atoms with E-state index in [2.05, 4.69) is 10.6 Å². The Morgan fingerprint density at radius 3 is 2.31 bits per heavy atom. The number of nitrogens with one attached hydrogen (secondary N) is 2. The first kappa shape index (κ1) is 23.8. The Kier molecular flexibility index (Phi) is 8.27. The van der Waals surface area contributed by atoms with Gasteiger partial charge in [-0.1, -0.05) is 13.8 Å². The predicted octanol–water partition coefficient (Wildman–Crippen LogP) is 3.32. The van der Waals surface area contributed by atoms with E-state index < -0.39 is 6.04 Å². The largest absolute Gasteiger partial charge is 0.494 e. The molecule has 32 heavy (non-hydrogen) atoms. The van der Waals surface area contributed by atoms with E-state index in [0.29, 0.717) is 49.4 Å². The molecule has 2 N–H and O–H groups in total. The summed E-state index contributed by atoms with van der Waals surface area (Å²) < 4.78 is 5.41. The molecule has 3 rings (SSSR count). The van der Waals surface area contributed by atoms with Gasteiger partial charge in [0.15, 0.2) is 0 Å². The lowest BCUT2D eigenvalue weighted by Crippen LogP contribution is -2.54. The summed E-state index contributed by atoms with van der Waals surface area (Å²) in [5, 5.41) is 9.66. The fourth-order valence-corrected chi connectivity index (χ4v) is 4.35. The summed E-state index contributed by atoms with van der Waals surface area (Å²) in [7, 11) is 0. The van der Waals surface area contributed by atoms with Gasteiger partial charge in [-0.15, -0.1) is 0 Å². The summed E-state index contributed by atoms with van der Waals surface area (Å²) in [6.07, 6.45) is 1.39. The molecule has 1 aliphatic heterocycles. The van der Waals surface area contributed by atoms with Gasteiger partial charge in [0.25, 0.3) is 11.8 Å². The molecule has 0 radical (unpaired) electrons. The first-order valence-electron chi connectivity index (χ1n) is 11.0. The lowest BCUT2D eigenvalue weighted by molar-refractivity contribution is -0.135. The van der Waals surface area contributed by atoms with Crippen molar-refractivity contribution in [2.24, 2.45) is 5.92 Å². The van der Waals surface area contributed by atoms with Gasteiger partial charge in [-0.05, 0) is 61.4 Å². The van der Waals surface area contributed by atoms with Crippen molar-refractivity contribution in [2.75, 3.05) is 19.7 Å². The van der Waals surface area contributed by atoms with Gasteiger partial charge in [-0.2, -0.15) is 11.3 Å². The van der Waals surface area contributed by atoms with Crippen molar-refractivity contribution in [3.8, 4) is 5.75 Å². The fourth-order valence-electron chi connectivity index (χ4n) is 3.71. The highest BCUT2D eigenvalue weighted by atomic mass is 32.1. The van der Waals surface area contributed by atoms with E-state index >= 15 is 0 Å². The normalized spacial score (nSPS) is 15.3. The number of carbonyl (C=O) groups is 3. The maximum Gasteiger partial charge on any atom is 0.252 e. The topological polar surface area (TPSA) is 87.7 Å². The van der Waals surface area contributed by atoms with Crippen molar-refractivity contribution < 1.29 is 19.1 Å². The molecule has 0 bridgehead atoms. The van der Waals surface area contributed by atoms with Gasteiger partial charge in [-0.3, -0.25) is 14.4 Å². The lowest BCUT2D eigenvalue weighted by atomic mass is 9.99. The standard InChI is InChI=1S/C24H31N3O4S/c1-4-31-20-7-5-17(6-8-20)22(28)26-21(16(2)3)24(30)27-12-9-19(10-13-27)25-23(29)18-11-14-32-15-18/h5-8,11,14-16,19,21H,4,9-10,12-13H2,1-3H3,(H,25,29)(H,26,28). The van der Waals surface area contributed by atoms with Crippen LogP contribution in [0.4, 0.5) is 0 Å². The second-order valence-corrected chi connectivity index (χ2v) is 9.02. The van der Waals surface area contributed by atoms with Crippen LogP contribution in [0.25, 0.3) is 0 Å². The van der Waals surface area contributed by atoms with E-state index in [0.717, 1.165) is 0 Å². The Bertz CT molecular complexity index is 904. The number of hydrogen-bond acceptors (Lipinski definition) is 5. The third-order valence-corrected chi connectivity index (χ3v) is 6.26. The molecule has 1 atom stereocenters. The van der Waals surface area contributed by atoms with Crippen LogP contribution < -0.4 is 15.4 Å². The number of benzene rings is 1. The van der Waals surface area contributed by atoms with Gasteiger partial charge in [0.1, 0.15) is 11.8 Å². The molecule has 172 valence electrons. The molecule has 8 heteroatoms. The molecule has 2 aromatic rings. The van der Waals surface area contributed by atoms with Gasteiger partial charge in [0, 0.05) is 35.6 Å². The second kappa shape index (κ2) is 11.1.